The van der Waals surface area contributed by atoms with Gasteiger partial charge < -0.3 is 15.4 Å². The SMILES string of the molecule is COC(=O)C1CCCN(c2cc(C)c(N)cn2)C1. The lowest BCUT2D eigenvalue weighted by atomic mass is 9.98. The molecular formula is C13H19N3O2. The fourth-order valence-corrected chi connectivity index (χ4v) is 2.27. The summed E-state index contributed by atoms with van der Waals surface area (Å²) in [5, 5.41) is 0. The quantitative estimate of drug-likeness (QED) is 0.801. The second-order valence-electron chi connectivity index (χ2n) is 4.71. The van der Waals surface area contributed by atoms with E-state index in [9.17, 15) is 4.79 Å². The van der Waals surface area contributed by atoms with E-state index in [0.717, 1.165) is 30.8 Å². The van der Waals surface area contributed by atoms with Crippen molar-refractivity contribution in [3.05, 3.63) is 17.8 Å². The molecule has 2 heterocycles. The standard InChI is InChI=1S/C13H19N3O2/c1-9-6-12(15-7-11(9)14)16-5-3-4-10(8-16)13(17)18-2/h6-7,10H,3-5,8,14H2,1-2H3. The molecule has 1 fully saturated rings. The molecule has 98 valence electrons. The number of pyridine rings is 1. The van der Waals surface area contributed by atoms with Crippen molar-refractivity contribution < 1.29 is 9.53 Å². The van der Waals surface area contributed by atoms with E-state index in [4.69, 9.17) is 10.5 Å². The average Bonchev–Trinajstić information content (AvgIpc) is 2.41. The molecule has 0 spiro atoms. The Morgan fingerprint density at radius 3 is 3.06 bits per heavy atom. The van der Waals surface area contributed by atoms with Gasteiger partial charge in [0.25, 0.3) is 0 Å². The summed E-state index contributed by atoms with van der Waals surface area (Å²) in [5.41, 5.74) is 7.47. The minimum absolute atomic E-state index is 0.0524. The van der Waals surface area contributed by atoms with Crippen LogP contribution in [-0.2, 0) is 9.53 Å². The number of methoxy groups -OCH3 is 1. The Labute approximate surface area is 107 Å². The summed E-state index contributed by atoms with van der Waals surface area (Å²) in [4.78, 5) is 18.0. The average molecular weight is 249 g/mol. The van der Waals surface area contributed by atoms with Gasteiger partial charge in [-0.15, -0.1) is 0 Å². The Balaban J connectivity index is 2.13. The van der Waals surface area contributed by atoms with Gasteiger partial charge in [-0.25, -0.2) is 4.98 Å². The smallest absolute Gasteiger partial charge is 0.310 e. The lowest BCUT2D eigenvalue weighted by Gasteiger charge is -2.32. The van der Waals surface area contributed by atoms with Gasteiger partial charge in [-0.1, -0.05) is 0 Å². The Morgan fingerprint density at radius 2 is 2.39 bits per heavy atom. The van der Waals surface area contributed by atoms with E-state index in [-0.39, 0.29) is 11.9 Å². The van der Waals surface area contributed by atoms with Crippen molar-refractivity contribution in [2.45, 2.75) is 19.8 Å². The van der Waals surface area contributed by atoms with Gasteiger partial charge in [0, 0.05) is 13.1 Å². The first-order valence-electron chi connectivity index (χ1n) is 6.16. The largest absolute Gasteiger partial charge is 0.469 e. The zero-order valence-electron chi connectivity index (χ0n) is 10.8. The van der Waals surface area contributed by atoms with Crippen LogP contribution in [0.3, 0.4) is 0 Å². The molecule has 1 unspecified atom stereocenters. The Bertz CT molecular complexity index is 448. The third-order valence-electron chi connectivity index (χ3n) is 3.42. The highest BCUT2D eigenvalue weighted by Gasteiger charge is 2.27. The zero-order valence-corrected chi connectivity index (χ0v) is 10.8. The minimum atomic E-state index is -0.133. The fourth-order valence-electron chi connectivity index (χ4n) is 2.27. The Kier molecular flexibility index (Phi) is 3.69. The number of hydrogen-bond acceptors (Lipinski definition) is 5. The number of aromatic nitrogens is 1. The van der Waals surface area contributed by atoms with Crippen LogP contribution in [0.5, 0.6) is 0 Å². The van der Waals surface area contributed by atoms with Gasteiger partial charge >= 0.3 is 5.97 Å². The van der Waals surface area contributed by atoms with Crippen LogP contribution >= 0.6 is 0 Å². The predicted molar refractivity (Wildman–Crippen MR) is 70.3 cm³/mol. The molecule has 1 atom stereocenters. The van der Waals surface area contributed by atoms with Gasteiger partial charge in [-0.2, -0.15) is 0 Å². The number of esters is 1. The predicted octanol–water partition coefficient (Wildman–Crippen LogP) is 1.36. The summed E-state index contributed by atoms with van der Waals surface area (Å²) >= 11 is 0. The van der Waals surface area contributed by atoms with Gasteiger partial charge in [0.05, 0.1) is 24.9 Å². The van der Waals surface area contributed by atoms with Crippen molar-refractivity contribution in [2.24, 2.45) is 5.92 Å². The first kappa shape index (κ1) is 12.7. The molecule has 1 aromatic rings. The molecule has 0 saturated carbocycles. The van der Waals surface area contributed by atoms with Crippen molar-refractivity contribution in [1.29, 1.82) is 0 Å². The highest BCUT2D eigenvalue weighted by atomic mass is 16.5. The molecule has 0 bridgehead atoms. The van der Waals surface area contributed by atoms with Crippen LogP contribution in [0.2, 0.25) is 0 Å². The number of nitrogens with zero attached hydrogens (tertiary/aromatic N) is 2. The first-order chi connectivity index (χ1) is 8.61. The van der Waals surface area contributed by atoms with Gasteiger partial charge in [0.15, 0.2) is 0 Å². The third-order valence-corrected chi connectivity index (χ3v) is 3.42. The highest BCUT2D eigenvalue weighted by Crippen LogP contribution is 2.24. The number of rotatable bonds is 2. The lowest BCUT2D eigenvalue weighted by molar-refractivity contribution is -0.145. The number of carbonyl (C=O) groups excluding carboxylic acids is 1. The van der Waals surface area contributed by atoms with E-state index < -0.39 is 0 Å². The van der Waals surface area contributed by atoms with E-state index in [1.165, 1.54) is 7.11 Å². The summed E-state index contributed by atoms with van der Waals surface area (Å²) in [6.07, 6.45) is 3.54. The Hall–Kier alpha value is -1.78. The van der Waals surface area contributed by atoms with E-state index in [1.54, 1.807) is 6.20 Å². The fraction of sp³-hybridized carbons (Fsp3) is 0.538. The molecule has 2 N–H and O–H groups in total. The molecule has 1 aromatic heterocycles. The van der Waals surface area contributed by atoms with E-state index in [1.807, 2.05) is 13.0 Å². The molecule has 0 aromatic carbocycles. The number of aryl methyl sites for hydroxylation is 1. The van der Waals surface area contributed by atoms with Gasteiger partial charge in [0.1, 0.15) is 5.82 Å². The van der Waals surface area contributed by atoms with Crippen LogP contribution < -0.4 is 10.6 Å². The number of carbonyl (C=O) groups is 1. The molecule has 0 amide bonds. The molecule has 2 rings (SSSR count). The van der Waals surface area contributed by atoms with E-state index in [0.29, 0.717) is 12.2 Å². The molecule has 1 aliphatic rings. The number of ether oxygens (including phenoxy) is 1. The van der Waals surface area contributed by atoms with Gasteiger partial charge in [-0.3, -0.25) is 4.79 Å². The second-order valence-corrected chi connectivity index (χ2v) is 4.71. The number of nitrogen functional groups attached to an aromatic ring is 1. The summed E-state index contributed by atoms with van der Waals surface area (Å²) in [6, 6.07) is 1.97. The number of anilines is 2. The number of piperidine rings is 1. The molecule has 0 radical (unpaired) electrons. The van der Waals surface area contributed by atoms with Crippen molar-refractivity contribution in [1.82, 2.24) is 4.98 Å². The molecule has 0 aliphatic carbocycles. The van der Waals surface area contributed by atoms with Crippen molar-refractivity contribution in [3.63, 3.8) is 0 Å². The normalized spacial score (nSPS) is 19.7. The molecule has 1 saturated heterocycles. The van der Waals surface area contributed by atoms with Crippen LogP contribution in [0.15, 0.2) is 12.3 Å². The molecule has 5 heteroatoms. The molecule has 5 nitrogen and oxygen atoms in total. The van der Waals surface area contributed by atoms with Crippen molar-refractivity contribution >= 4 is 17.5 Å². The van der Waals surface area contributed by atoms with Gasteiger partial charge in [-0.05, 0) is 31.4 Å². The number of nitrogens with two attached hydrogens (primary N) is 1. The van der Waals surface area contributed by atoms with Crippen LogP contribution in [-0.4, -0.2) is 31.2 Å². The maximum Gasteiger partial charge on any atom is 0.310 e. The van der Waals surface area contributed by atoms with Crippen LogP contribution in [0.4, 0.5) is 11.5 Å². The van der Waals surface area contributed by atoms with Gasteiger partial charge in [0.2, 0.25) is 0 Å². The summed E-state index contributed by atoms with van der Waals surface area (Å²) < 4.78 is 4.81. The highest BCUT2D eigenvalue weighted by molar-refractivity contribution is 5.73. The lowest BCUT2D eigenvalue weighted by Crippen LogP contribution is -2.39. The third kappa shape index (κ3) is 2.55. The monoisotopic (exact) mass is 249 g/mol. The summed E-state index contributed by atoms with van der Waals surface area (Å²) in [7, 11) is 1.44. The van der Waals surface area contributed by atoms with Crippen molar-refractivity contribution in [2.75, 3.05) is 30.8 Å². The maximum absolute atomic E-state index is 11.6. The molecule has 18 heavy (non-hydrogen) atoms. The molecular weight excluding hydrogens is 230 g/mol. The first-order valence-corrected chi connectivity index (χ1v) is 6.16. The molecule has 1 aliphatic heterocycles. The van der Waals surface area contributed by atoms with E-state index in [2.05, 4.69) is 9.88 Å². The van der Waals surface area contributed by atoms with E-state index >= 15 is 0 Å². The Morgan fingerprint density at radius 1 is 1.61 bits per heavy atom. The summed E-state index contributed by atoms with van der Waals surface area (Å²) in [5.74, 6) is 0.700. The topological polar surface area (TPSA) is 68.5 Å². The van der Waals surface area contributed by atoms with Crippen molar-refractivity contribution in [3.8, 4) is 0 Å². The van der Waals surface area contributed by atoms with Crippen LogP contribution in [0.1, 0.15) is 18.4 Å². The number of hydrogen-bond donors (Lipinski definition) is 1. The zero-order chi connectivity index (χ0) is 13.1. The maximum atomic E-state index is 11.6. The van der Waals surface area contributed by atoms with Crippen LogP contribution in [0, 0.1) is 12.8 Å². The van der Waals surface area contributed by atoms with Crippen LogP contribution in [0.25, 0.3) is 0 Å². The minimum Gasteiger partial charge on any atom is -0.469 e. The second kappa shape index (κ2) is 5.25. The summed E-state index contributed by atoms with van der Waals surface area (Å²) in [6.45, 7) is 3.55.